The molecule has 1 aromatic carbocycles. The Morgan fingerprint density at radius 3 is 2.18 bits per heavy atom. The highest BCUT2D eigenvalue weighted by molar-refractivity contribution is 5.86. The van der Waals surface area contributed by atoms with E-state index in [4.69, 9.17) is 0 Å². The lowest BCUT2D eigenvalue weighted by Gasteiger charge is -2.37. The predicted molar refractivity (Wildman–Crippen MR) is 116 cm³/mol. The molecule has 0 radical (unpaired) electrons. The van der Waals surface area contributed by atoms with Gasteiger partial charge >= 0.3 is 12.3 Å². The van der Waals surface area contributed by atoms with Crippen LogP contribution in [-0.4, -0.2) is 40.9 Å². The average Bonchev–Trinajstić information content (AvgIpc) is 2.71. The summed E-state index contributed by atoms with van der Waals surface area (Å²) in [5.41, 5.74) is 0.713. The van der Waals surface area contributed by atoms with Gasteiger partial charge in [0, 0.05) is 5.92 Å². The van der Waals surface area contributed by atoms with E-state index in [1.54, 1.807) is 6.92 Å². The van der Waals surface area contributed by atoms with Crippen molar-refractivity contribution in [3.63, 3.8) is 0 Å². The Labute approximate surface area is 190 Å². The van der Waals surface area contributed by atoms with Crippen molar-refractivity contribution in [2.45, 2.75) is 51.9 Å². The molecule has 0 aliphatic carbocycles. The van der Waals surface area contributed by atoms with Gasteiger partial charge in [-0.2, -0.15) is 13.2 Å². The summed E-state index contributed by atoms with van der Waals surface area (Å²) in [5.74, 6) is -1.09. The molecule has 2 amide bonds. The highest BCUT2D eigenvalue weighted by Crippen LogP contribution is 2.38. The number of alkyl halides is 3. The first-order chi connectivity index (χ1) is 15.3. The molecule has 0 fully saturated rings. The molecule has 3 atom stereocenters. The van der Waals surface area contributed by atoms with Crippen molar-refractivity contribution in [1.29, 1.82) is 0 Å². The summed E-state index contributed by atoms with van der Waals surface area (Å²) in [7, 11) is 0. The minimum Gasteiger partial charge on any atom is -0.483 e. The van der Waals surface area contributed by atoms with E-state index in [-0.39, 0.29) is 5.75 Å². The van der Waals surface area contributed by atoms with Crippen LogP contribution in [0.3, 0.4) is 0 Å². The second-order valence-electron chi connectivity index (χ2n) is 8.73. The predicted octanol–water partition coefficient (Wildman–Crippen LogP) is 4.67. The summed E-state index contributed by atoms with van der Waals surface area (Å²) < 4.78 is 41.5. The molecule has 3 N–H and O–H groups in total. The molecule has 1 heterocycles. The quantitative estimate of drug-likeness (QED) is 0.524. The van der Waals surface area contributed by atoms with Gasteiger partial charge in [-0.15, -0.1) is 0 Å². The number of carbonyl (C=O) groups excluding carboxylic acids is 1. The fourth-order valence-electron chi connectivity index (χ4n) is 3.56. The molecule has 0 spiro atoms. The summed E-state index contributed by atoms with van der Waals surface area (Å²) >= 11 is 0. The lowest BCUT2D eigenvalue weighted by Crippen LogP contribution is -2.53. The van der Waals surface area contributed by atoms with Crippen molar-refractivity contribution in [1.82, 2.24) is 15.6 Å². The molecule has 0 bridgehead atoms. The monoisotopic (exact) mass is 467 g/mol. The molecule has 2 rings (SSSR count). The van der Waals surface area contributed by atoms with Gasteiger partial charge in [0.2, 0.25) is 5.91 Å². The third kappa shape index (κ3) is 7.96. The number of benzene rings is 1. The number of hydrogen-bond acceptors (Lipinski definition) is 4. The van der Waals surface area contributed by atoms with E-state index in [0.717, 1.165) is 11.8 Å². The van der Waals surface area contributed by atoms with Gasteiger partial charge in [0.1, 0.15) is 11.8 Å². The molecule has 33 heavy (non-hydrogen) atoms. The molecule has 0 aliphatic heterocycles. The first-order valence-electron chi connectivity index (χ1n) is 10.3. The van der Waals surface area contributed by atoms with Gasteiger partial charge in [-0.05, 0) is 30.0 Å². The van der Waals surface area contributed by atoms with Gasteiger partial charge < -0.3 is 20.5 Å². The van der Waals surface area contributed by atoms with Crippen molar-refractivity contribution in [2.24, 2.45) is 5.41 Å². The Kier molecular flexibility index (Phi) is 8.29. The minimum atomic E-state index is -4.46. The molecule has 2 aromatic rings. The lowest BCUT2D eigenvalue weighted by atomic mass is 9.72. The van der Waals surface area contributed by atoms with Crippen molar-refractivity contribution in [2.75, 3.05) is 6.61 Å². The molecule has 180 valence electrons. The molecule has 0 saturated heterocycles. The SMILES string of the molecule is C[C@@H](NC(=O)C(NC(=O)O)[C@H](c1ccccc1)C(C)(C)C)c1ccc(OCC(F)(F)F)cn1. The number of pyridine rings is 1. The fraction of sp³-hybridized carbons (Fsp3) is 0.435. The van der Waals surface area contributed by atoms with Crippen molar-refractivity contribution in [3.05, 3.63) is 59.9 Å². The molecule has 0 saturated carbocycles. The van der Waals surface area contributed by atoms with Gasteiger partial charge in [0.25, 0.3) is 0 Å². The number of aromatic nitrogens is 1. The maximum absolute atomic E-state index is 13.2. The first kappa shape index (κ1) is 26.0. The Hall–Kier alpha value is -3.30. The maximum atomic E-state index is 13.2. The highest BCUT2D eigenvalue weighted by Gasteiger charge is 2.39. The van der Waals surface area contributed by atoms with E-state index in [0.29, 0.717) is 5.69 Å². The molecule has 1 aromatic heterocycles. The van der Waals surface area contributed by atoms with Crippen molar-refractivity contribution in [3.8, 4) is 5.75 Å². The number of nitrogens with one attached hydrogen (secondary N) is 2. The Morgan fingerprint density at radius 1 is 1.06 bits per heavy atom. The summed E-state index contributed by atoms with van der Waals surface area (Å²) in [4.78, 5) is 28.8. The number of carbonyl (C=O) groups is 2. The number of amides is 2. The van der Waals surface area contributed by atoms with Crippen molar-refractivity contribution < 1.29 is 32.6 Å². The summed E-state index contributed by atoms with van der Waals surface area (Å²) in [6.45, 7) is 5.96. The van der Waals surface area contributed by atoms with E-state index < -0.39 is 48.2 Å². The number of halogens is 3. The van der Waals surface area contributed by atoms with Gasteiger partial charge in [-0.3, -0.25) is 9.78 Å². The van der Waals surface area contributed by atoms with E-state index in [1.165, 1.54) is 12.1 Å². The zero-order valence-corrected chi connectivity index (χ0v) is 18.8. The van der Waals surface area contributed by atoms with Gasteiger partial charge in [-0.25, -0.2) is 4.79 Å². The van der Waals surface area contributed by atoms with Gasteiger partial charge in [0.05, 0.1) is 17.9 Å². The number of ether oxygens (including phenoxy) is 1. The van der Waals surface area contributed by atoms with Gasteiger partial charge in [0.15, 0.2) is 6.61 Å². The molecule has 7 nitrogen and oxygen atoms in total. The van der Waals surface area contributed by atoms with E-state index >= 15 is 0 Å². The number of rotatable bonds is 8. The van der Waals surface area contributed by atoms with Crippen LogP contribution >= 0.6 is 0 Å². The van der Waals surface area contributed by atoms with Crippen LogP contribution in [0.4, 0.5) is 18.0 Å². The van der Waals surface area contributed by atoms with E-state index in [1.807, 2.05) is 51.1 Å². The number of nitrogens with zero attached hydrogens (tertiary/aromatic N) is 1. The third-order valence-corrected chi connectivity index (χ3v) is 4.95. The normalized spacial score (nSPS) is 14.6. The molecule has 1 unspecified atom stereocenters. The van der Waals surface area contributed by atoms with Crippen LogP contribution in [0.5, 0.6) is 5.75 Å². The fourth-order valence-corrected chi connectivity index (χ4v) is 3.56. The maximum Gasteiger partial charge on any atom is 0.422 e. The molecular weight excluding hydrogens is 439 g/mol. The summed E-state index contributed by atoms with van der Waals surface area (Å²) in [5, 5.41) is 14.5. The number of carboxylic acid groups (broad SMARTS) is 1. The van der Waals surface area contributed by atoms with Crippen LogP contribution < -0.4 is 15.4 Å². The summed E-state index contributed by atoms with van der Waals surface area (Å²) in [6.07, 6.45) is -4.66. The highest BCUT2D eigenvalue weighted by atomic mass is 19.4. The Balaban J connectivity index is 2.21. The minimum absolute atomic E-state index is 0.0584. The van der Waals surface area contributed by atoms with Crippen molar-refractivity contribution >= 4 is 12.0 Å². The van der Waals surface area contributed by atoms with Crippen LogP contribution in [-0.2, 0) is 4.79 Å². The first-order valence-corrected chi connectivity index (χ1v) is 10.3. The standard InChI is InChI=1S/C23H28F3N3O4/c1-14(17-11-10-16(12-27-17)33-13-23(24,25)26)28-20(30)19(29-21(31)32)18(22(2,3)4)15-8-6-5-7-9-15/h5-12,14,18-19,29H,13H2,1-4H3,(H,28,30)(H,31,32)/t14-,18+,19?/m1/s1. The molecule has 0 aliphatic rings. The zero-order valence-electron chi connectivity index (χ0n) is 18.8. The topological polar surface area (TPSA) is 101 Å². The van der Waals surface area contributed by atoms with Crippen LogP contribution in [0.25, 0.3) is 0 Å². The van der Waals surface area contributed by atoms with Crippen LogP contribution in [0, 0.1) is 5.41 Å². The Bertz CT molecular complexity index is 929. The van der Waals surface area contributed by atoms with Gasteiger partial charge in [-0.1, -0.05) is 51.1 Å². The average molecular weight is 467 g/mol. The zero-order chi connectivity index (χ0) is 24.8. The summed E-state index contributed by atoms with van der Waals surface area (Å²) in [6, 6.07) is 10.2. The van der Waals surface area contributed by atoms with Crippen LogP contribution in [0.1, 0.15) is 50.9 Å². The Morgan fingerprint density at radius 2 is 1.70 bits per heavy atom. The van der Waals surface area contributed by atoms with E-state index in [9.17, 15) is 27.9 Å². The lowest BCUT2D eigenvalue weighted by molar-refractivity contribution is -0.153. The molecular formula is C23H28F3N3O4. The smallest absolute Gasteiger partial charge is 0.422 e. The largest absolute Gasteiger partial charge is 0.483 e. The third-order valence-electron chi connectivity index (χ3n) is 4.95. The van der Waals surface area contributed by atoms with E-state index in [2.05, 4.69) is 20.4 Å². The van der Waals surface area contributed by atoms with Crippen LogP contribution in [0.15, 0.2) is 48.7 Å². The van der Waals surface area contributed by atoms with Crippen LogP contribution in [0.2, 0.25) is 0 Å². The second kappa shape index (κ2) is 10.5. The molecule has 10 heteroatoms. The number of hydrogen-bond donors (Lipinski definition) is 3. The second-order valence-corrected chi connectivity index (χ2v) is 8.73.